The van der Waals surface area contributed by atoms with E-state index in [1.165, 1.54) is 11.8 Å². The third-order valence-electron chi connectivity index (χ3n) is 2.94. The number of rotatable bonds is 2. The summed E-state index contributed by atoms with van der Waals surface area (Å²) in [5, 5.41) is 8.76. The van der Waals surface area contributed by atoms with Crippen LogP contribution in [0.5, 0.6) is 11.6 Å². The Morgan fingerprint density at radius 3 is 2.35 bits per heavy atom. The highest BCUT2D eigenvalue weighted by atomic mass is 16.5. The Bertz CT molecular complexity index is 649. The molecule has 20 heavy (non-hydrogen) atoms. The lowest BCUT2D eigenvalue weighted by molar-refractivity contribution is 0.464. The van der Waals surface area contributed by atoms with Gasteiger partial charge in [-0.25, -0.2) is 4.98 Å². The molecule has 0 saturated carbocycles. The zero-order valence-electron chi connectivity index (χ0n) is 11.8. The smallest absolute Gasteiger partial charge is 0.242 e. The molecule has 1 heterocycles. The molecule has 0 bridgehead atoms. The molecule has 0 spiro atoms. The summed E-state index contributed by atoms with van der Waals surface area (Å²) in [6, 6.07) is 11.4. The minimum absolute atomic E-state index is 0.101. The number of ether oxygens (including phenoxy) is 1. The molecule has 4 nitrogen and oxygen atoms in total. The van der Waals surface area contributed by atoms with Crippen LogP contribution in [0.1, 0.15) is 31.9 Å². The Morgan fingerprint density at radius 1 is 1.20 bits per heavy atom. The zero-order valence-corrected chi connectivity index (χ0v) is 11.8. The molecule has 0 aliphatic carbocycles. The van der Waals surface area contributed by atoms with E-state index in [0.29, 0.717) is 22.9 Å². The van der Waals surface area contributed by atoms with Crippen molar-refractivity contribution in [1.82, 2.24) is 4.98 Å². The second-order valence-corrected chi connectivity index (χ2v) is 5.61. The van der Waals surface area contributed by atoms with Crippen molar-refractivity contribution in [3.8, 4) is 17.7 Å². The van der Waals surface area contributed by atoms with Gasteiger partial charge in [-0.05, 0) is 29.2 Å². The monoisotopic (exact) mass is 267 g/mol. The van der Waals surface area contributed by atoms with Crippen LogP contribution in [0.25, 0.3) is 0 Å². The Balaban J connectivity index is 2.21. The number of nitrogens with zero attached hydrogens (tertiary/aromatic N) is 2. The van der Waals surface area contributed by atoms with Gasteiger partial charge in [0.15, 0.2) is 0 Å². The van der Waals surface area contributed by atoms with E-state index in [-0.39, 0.29) is 5.41 Å². The molecule has 0 fully saturated rings. The van der Waals surface area contributed by atoms with Gasteiger partial charge in [0.25, 0.3) is 0 Å². The second-order valence-electron chi connectivity index (χ2n) is 5.61. The number of pyridine rings is 1. The van der Waals surface area contributed by atoms with Crippen LogP contribution in [-0.2, 0) is 5.41 Å². The van der Waals surface area contributed by atoms with Crippen molar-refractivity contribution in [3.63, 3.8) is 0 Å². The fourth-order valence-corrected chi connectivity index (χ4v) is 1.75. The van der Waals surface area contributed by atoms with Gasteiger partial charge in [0.2, 0.25) is 5.88 Å². The highest BCUT2D eigenvalue weighted by molar-refractivity contribution is 5.53. The lowest BCUT2D eigenvalue weighted by Crippen LogP contribution is -2.10. The van der Waals surface area contributed by atoms with E-state index < -0.39 is 0 Å². The van der Waals surface area contributed by atoms with Gasteiger partial charge in [-0.2, -0.15) is 5.26 Å². The number of anilines is 1. The van der Waals surface area contributed by atoms with E-state index in [0.717, 1.165) is 0 Å². The summed E-state index contributed by atoms with van der Waals surface area (Å²) in [5.41, 5.74) is 7.90. The van der Waals surface area contributed by atoms with Crippen LogP contribution >= 0.6 is 0 Å². The van der Waals surface area contributed by atoms with E-state index in [9.17, 15) is 0 Å². The summed E-state index contributed by atoms with van der Waals surface area (Å²) in [5.74, 6) is 0.981. The minimum atomic E-state index is 0.101. The van der Waals surface area contributed by atoms with Gasteiger partial charge in [0.05, 0.1) is 11.3 Å². The molecule has 0 radical (unpaired) electrons. The molecule has 102 valence electrons. The van der Waals surface area contributed by atoms with Gasteiger partial charge in [0, 0.05) is 6.20 Å². The predicted molar refractivity (Wildman–Crippen MR) is 78.6 cm³/mol. The Morgan fingerprint density at radius 2 is 1.85 bits per heavy atom. The maximum absolute atomic E-state index is 8.76. The Hall–Kier alpha value is -2.54. The first-order valence-electron chi connectivity index (χ1n) is 6.34. The van der Waals surface area contributed by atoms with Gasteiger partial charge in [-0.15, -0.1) is 0 Å². The summed E-state index contributed by atoms with van der Waals surface area (Å²) < 4.78 is 5.63. The van der Waals surface area contributed by atoms with E-state index in [1.54, 1.807) is 6.07 Å². The van der Waals surface area contributed by atoms with Crippen LogP contribution in [0, 0.1) is 11.3 Å². The van der Waals surface area contributed by atoms with Gasteiger partial charge < -0.3 is 10.5 Å². The molecular weight excluding hydrogens is 250 g/mol. The first kappa shape index (κ1) is 13.9. The second kappa shape index (κ2) is 5.22. The van der Waals surface area contributed by atoms with Gasteiger partial charge in [0.1, 0.15) is 11.8 Å². The van der Waals surface area contributed by atoms with Gasteiger partial charge in [-0.3, -0.25) is 0 Å². The Kier molecular flexibility index (Phi) is 3.62. The van der Waals surface area contributed by atoms with Gasteiger partial charge >= 0.3 is 0 Å². The molecule has 0 amide bonds. The van der Waals surface area contributed by atoms with Crippen LogP contribution in [0.4, 0.5) is 5.69 Å². The highest BCUT2D eigenvalue weighted by Crippen LogP contribution is 2.28. The average Bonchev–Trinajstić information content (AvgIpc) is 2.40. The average molecular weight is 267 g/mol. The quantitative estimate of drug-likeness (QED) is 0.901. The van der Waals surface area contributed by atoms with Crippen LogP contribution in [0.15, 0.2) is 36.5 Å². The van der Waals surface area contributed by atoms with Crippen molar-refractivity contribution < 1.29 is 4.74 Å². The van der Waals surface area contributed by atoms with Crippen molar-refractivity contribution in [1.29, 1.82) is 5.26 Å². The van der Waals surface area contributed by atoms with E-state index in [1.807, 2.05) is 30.3 Å². The topological polar surface area (TPSA) is 71.9 Å². The molecule has 0 atom stereocenters. The highest BCUT2D eigenvalue weighted by Gasteiger charge is 2.13. The largest absolute Gasteiger partial charge is 0.437 e. The van der Waals surface area contributed by atoms with Crippen molar-refractivity contribution in [3.05, 3.63) is 47.7 Å². The van der Waals surface area contributed by atoms with Crippen molar-refractivity contribution >= 4 is 5.69 Å². The molecule has 0 aliphatic rings. The lowest BCUT2D eigenvalue weighted by atomic mass is 9.87. The number of nitriles is 1. The number of benzene rings is 1. The molecule has 0 saturated heterocycles. The fourth-order valence-electron chi connectivity index (χ4n) is 1.75. The molecule has 2 aromatic rings. The molecule has 1 aromatic heterocycles. The first-order valence-corrected chi connectivity index (χ1v) is 6.34. The summed E-state index contributed by atoms with van der Waals surface area (Å²) in [4.78, 5) is 4.05. The Labute approximate surface area is 118 Å². The normalized spacial score (nSPS) is 10.9. The standard InChI is InChI=1S/C16H17N3O/c1-16(2,3)12-4-6-13(7-5-12)20-15-14(18)8-11(9-17)10-19-15/h4-8,10H,18H2,1-3H3. The molecule has 2 rings (SSSR count). The summed E-state index contributed by atoms with van der Waals surface area (Å²) in [6.07, 6.45) is 1.44. The number of hydrogen-bond donors (Lipinski definition) is 1. The molecule has 4 heteroatoms. The summed E-state index contributed by atoms with van der Waals surface area (Å²) >= 11 is 0. The number of nitrogen functional groups attached to an aromatic ring is 1. The predicted octanol–water partition coefficient (Wildman–Crippen LogP) is 3.63. The van der Waals surface area contributed by atoms with Crippen LogP contribution in [0.2, 0.25) is 0 Å². The number of aromatic nitrogens is 1. The van der Waals surface area contributed by atoms with Crippen LogP contribution in [0.3, 0.4) is 0 Å². The fraction of sp³-hybridized carbons (Fsp3) is 0.250. The first-order chi connectivity index (χ1) is 9.40. The summed E-state index contributed by atoms with van der Waals surface area (Å²) in [6.45, 7) is 6.47. The molecule has 0 aliphatic heterocycles. The third kappa shape index (κ3) is 3.07. The maximum Gasteiger partial charge on any atom is 0.242 e. The van der Waals surface area contributed by atoms with Crippen molar-refractivity contribution in [2.45, 2.75) is 26.2 Å². The molecule has 0 unspecified atom stereocenters. The van der Waals surface area contributed by atoms with Crippen molar-refractivity contribution in [2.24, 2.45) is 0 Å². The summed E-state index contributed by atoms with van der Waals surface area (Å²) in [7, 11) is 0. The SMILES string of the molecule is CC(C)(C)c1ccc(Oc2ncc(C#N)cc2N)cc1. The van der Waals surface area contributed by atoms with Gasteiger partial charge in [-0.1, -0.05) is 32.9 Å². The van der Waals surface area contributed by atoms with Crippen molar-refractivity contribution in [2.75, 3.05) is 5.73 Å². The lowest BCUT2D eigenvalue weighted by Gasteiger charge is -2.19. The van der Waals surface area contributed by atoms with E-state index in [2.05, 4.69) is 25.8 Å². The number of nitrogens with two attached hydrogens (primary N) is 1. The number of hydrogen-bond acceptors (Lipinski definition) is 4. The molecular formula is C16H17N3O. The van der Waals surface area contributed by atoms with Crippen LogP contribution < -0.4 is 10.5 Å². The molecule has 1 aromatic carbocycles. The zero-order chi connectivity index (χ0) is 14.8. The molecule has 2 N–H and O–H groups in total. The minimum Gasteiger partial charge on any atom is -0.437 e. The maximum atomic E-state index is 8.76. The van der Waals surface area contributed by atoms with E-state index in [4.69, 9.17) is 15.7 Å². The van der Waals surface area contributed by atoms with Crippen LogP contribution in [-0.4, -0.2) is 4.98 Å². The van der Waals surface area contributed by atoms with E-state index >= 15 is 0 Å². The third-order valence-corrected chi connectivity index (χ3v) is 2.94.